The molecular formula is C23H36LiNO3. The number of benzene rings is 1. The van der Waals surface area contributed by atoms with Crippen LogP contribution in [0.5, 0.6) is 5.75 Å². The molecule has 0 saturated carbocycles. The summed E-state index contributed by atoms with van der Waals surface area (Å²) in [5.74, 6) is 0.0731. The van der Waals surface area contributed by atoms with E-state index in [1.807, 2.05) is 41.5 Å². The Labute approximate surface area is 183 Å². The van der Waals surface area contributed by atoms with Crippen LogP contribution >= 0.6 is 0 Å². The zero-order valence-electron chi connectivity index (χ0n) is 19.0. The van der Waals surface area contributed by atoms with E-state index in [-0.39, 0.29) is 35.4 Å². The van der Waals surface area contributed by atoms with Crippen molar-refractivity contribution in [3.05, 3.63) is 28.8 Å². The summed E-state index contributed by atoms with van der Waals surface area (Å²) in [7, 11) is 0. The summed E-state index contributed by atoms with van der Waals surface area (Å²) < 4.78 is 9.89. The van der Waals surface area contributed by atoms with Crippen molar-refractivity contribution < 1.29 is 33.4 Å². The molecule has 0 aliphatic carbocycles. The van der Waals surface area contributed by atoms with Crippen LogP contribution in [0.3, 0.4) is 0 Å². The summed E-state index contributed by atoms with van der Waals surface area (Å²) in [5, 5.41) is 21.5. The molecular weight excluding hydrogens is 345 g/mol. The third-order valence-electron chi connectivity index (χ3n) is 4.49. The second kappa shape index (κ2) is 12.6. The molecule has 4 nitrogen and oxygen atoms in total. The van der Waals surface area contributed by atoms with Crippen molar-refractivity contribution in [1.82, 2.24) is 0 Å². The molecule has 28 heavy (non-hydrogen) atoms. The predicted octanol–water partition coefficient (Wildman–Crippen LogP) is 1.82. The molecule has 152 valence electrons. The van der Waals surface area contributed by atoms with Gasteiger partial charge in [-0.1, -0.05) is 41.5 Å². The van der Waals surface area contributed by atoms with Gasteiger partial charge in [-0.2, -0.15) is 5.26 Å². The van der Waals surface area contributed by atoms with E-state index in [0.717, 1.165) is 37.6 Å². The summed E-state index contributed by atoms with van der Waals surface area (Å²) in [6, 6.07) is 5.58. The van der Waals surface area contributed by atoms with Gasteiger partial charge in [-0.25, -0.2) is 0 Å². The van der Waals surface area contributed by atoms with Gasteiger partial charge < -0.3 is 14.6 Å². The molecule has 0 aromatic heterocycles. The Hall–Kier alpha value is -0.973. The molecule has 0 N–H and O–H groups in total. The van der Waals surface area contributed by atoms with Crippen molar-refractivity contribution in [3.8, 4) is 11.8 Å². The van der Waals surface area contributed by atoms with Gasteiger partial charge in [0.25, 0.3) is 0 Å². The topological polar surface area (TPSA) is 65.3 Å². The maximum atomic E-state index is 12.4. The smallest absolute Gasteiger partial charge is 0.872 e. The minimum Gasteiger partial charge on any atom is -0.872 e. The number of hydrogen-bond donors (Lipinski definition) is 0. The van der Waals surface area contributed by atoms with Crippen LogP contribution in [0.25, 0.3) is 0 Å². The van der Waals surface area contributed by atoms with E-state index in [1.54, 1.807) is 12.1 Å². The molecule has 1 aromatic rings. The Kier molecular flexibility index (Phi) is 12.1. The number of hydrogen-bond acceptors (Lipinski definition) is 4. The molecule has 2 aliphatic rings. The van der Waals surface area contributed by atoms with Crippen LogP contribution in [0.15, 0.2) is 12.1 Å². The van der Waals surface area contributed by atoms with E-state index in [9.17, 15) is 5.11 Å². The number of ether oxygens (including phenoxy) is 2. The van der Waals surface area contributed by atoms with Crippen LogP contribution in [-0.4, -0.2) is 26.4 Å². The standard InChI is InChI=1S/C15H21NO.2C4H8O.Li/c1-14(2,3)11-7-10(9-16)8-12(13(11)17)15(4,5)6;2*1-2-4-5-3-1;/h7-8,17H,1-6H3;2*1-4H2;/q;;;+1/p-1. The van der Waals surface area contributed by atoms with Crippen LogP contribution in [0.4, 0.5) is 0 Å². The van der Waals surface area contributed by atoms with Gasteiger partial charge in [0.2, 0.25) is 0 Å². The van der Waals surface area contributed by atoms with E-state index in [0.29, 0.717) is 5.56 Å². The fourth-order valence-corrected chi connectivity index (χ4v) is 2.83. The van der Waals surface area contributed by atoms with Gasteiger partial charge in [0.15, 0.2) is 0 Å². The van der Waals surface area contributed by atoms with Crippen molar-refractivity contribution in [1.29, 1.82) is 5.26 Å². The molecule has 2 aliphatic heterocycles. The molecule has 0 spiro atoms. The van der Waals surface area contributed by atoms with Gasteiger partial charge >= 0.3 is 18.9 Å². The third-order valence-corrected chi connectivity index (χ3v) is 4.49. The van der Waals surface area contributed by atoms with Crippen molar-refractivity contribution in [2.45, 2.75) is 78.1 Å². The molecule has 2 saturated heterocycles. The Morgan fingerprint density at radius 3 is 1.29 bits per heavy atom. The van der Waals surface area contributed by atoms with Gasteiger partial charge in [-0.15, -0.1) is 5.75 Å². The van der Waals surface area contributed by atoms with Crippen LogP contribution in [0.2, 0.25) is 0 Å². The first-order valence-electron chi connectivity index (χ1n) is 9.99. The van der Waals surface area contributed by atoms with Gasteiger partial charge in [0, 0.05) is 26.4 Å². The molecule has 0 bridgehead atoms. The quantitative estimate of drug-likeness (QED) is 0.643. The summed E-state index contributed by atoms with van der Waals surface area (Å²) in [6.07, 6.45) is 5.11. The maximum Gasteiger partial charge on any atom is 1.00 e. The van der Waals surface area contributed by atoms with Crippen LogP contribution in [0.1, 0.15) is 83.9 Å². The van der Waals surface area contributed by atoms with Crippen molar-refractivity contribution >= 4 is 0 Å². The van der Waals surface area contributed by atoms with Crippen molar-refractivity contribution in [2.24, 2.45) is 0 Å². The molecule has 2 heterocycles. The SMILES string of the molecule is C1CCOC1.C1CCOC1.CC(C)(C)c1cc(C#N)cc(C(C)(C)C)c1[O-].[Li+]. The Bertz CT molecular complexity index is 556. The van der Waals surface area contributed by atoms with Gasteiger partial charge in [-0.3, -0.25) is 0 Å². The first-order valence-corrected chi connectivity index (χ1v) is 9.99. The van der Waals surface area contributed by atoms with Crippen molar-refractivity contribution in [3.63, 3.8) is 0 Å². The summed E-state index contributed by atoms with van der Waals surface area (Å²) >= 11 is 0. The van der Waals surface area contributed by atoms with E-state index in [1.165, 1.54) is 25.7 Å². The van der Waals surface area contributed by atoms with E-state index < -0.39 is 0 Å². The summed E-state index contributed by atoms with van der Waals surface area (Å²) in [5.41, 5.74) is 1.55. The number of nitrogens with zero attached hydrogens (tertiary/aromatic N) is 1. The number of nitriles is 1. The summed E-state index contributed by atoms with van der Waals surface area (Å²) in [4.78, 5) is 0. The molecule has 0 atom stereocenters. The molecule has 0 amide bonds. The van der Waals surface area contributed by atoms with Crippen LogP contribution < -0.4 is 24.0 Å². The molecule has 5 heteroatoms. The molecule has 3 rings (SSSR count). The van der Waals surface area contributed by atoms with Gasteiger partial charge in [0.05, 0.1) is 11.6 Å². The first-order chi connectivity index (χ1) is 12.6. The minimum atomic E-state index is -0.232. The molecule has 0 unspecified atom stereocenters. The van der Waals surface area contributed by atoms with Gasteiger partial charge in [-0.05, 0) is 59.8 Å². The van der Waals surface area contributed by atoms with Crippen molar-refractivity contribution in [2.75, 3.05) is 26.4 Å². The van der Waals surface area contributed by atoms with Gasteiger partial charge in [0.1, 0.15) is 0 Å². The van der Waals surface area contributed by atoms with Crippen LogP contribution in [-0.2, 0) is 20.3 Å². The Balaban J connectivity index is 0.000000535. The zero-order chi connectivity index (χ0) is 20.5. The number of rotatable bonds is 0. The fourth-order valence-electron chi connectivity index (χ4n) is 2.83. The average Bonchev–Trinajstić information content (AvgIpc) is 3.31. The molecule has 1 aromatic carbocycles. The molecule has 0 radical (unpaired) electrons. The Morgan fingerprint density at radius 2 is 1.11 bits per heavy atom. The predicted molar refractivity (Wildman–Crippen MR) is 108 cm³/mol. The fraction of sp³-hybridized carbons (Fsp3) is 0.696. The Morgan fingerprint density at radius 1 is 0.786 bits per heavy atom. The normalized spacial score (nSPS) is 16.0. The average molecular weight is 381 g/mol. The van der Waals surface area contributed by atoms with E-state index in [4.69, 9.17) is 14.7 Å². The third kappa shape index (κ3) is 9.49. The second-order valence-electron chi connectivity index (χ2n) is 9.15. The largest absolute Gasteiger partial charge is 1.00 e. The maximum absolute atomic E-state index is 12.4. The van der Waals surface area contributed by atoms with E-state index >= 15 is 0 Å². The van der Waals surface area contributed by atoms with E-state index in [2.05, 4.69) is 6.07 Å². The minimum absolute atomic E-state index is 0. The second-order valence-corrected chi connectivity index (χ2v) is 9.15. The van der Waals surface area contributed by atoms with Crippen LogP contribution in [0, 0.1) is 11.3 Å². The first kappa shape index (κ1) is 27.0. The summed E-state index contributed by atoms with van der Waals surface area (Å²) in [6.45, 7) is 16.0. The zero-order valence-corrected chi connectivity index (χ0v) is 19.0. The monoisotopic (exact) mass is 381 g/mol. The molecule has 2 fully saturated rings.